The van der Waals surface area contributed by atoms with Crippen LogP contribution >= 0.6 is 23.3 Å². The highest BCUT2D eigenvalue weighted by molar-refractivity contribution is 7.89. The van der Waals surface area contributed by atoms with Gasteiger partial charge in [-0.15, -0.1) is 0 Å². The van der Waals surface area contributed by atoms with Gasteiger partial charge < -0.3 is 4.74 Å². The monoisotopic (exact) mass is 395 g/mol. The lowest BCUT2D eigenvalue weighted by molar-refractivity contribution is -0.0295. The van der Waals surface area contributed by atoms with Crippen LogP contribution in [-0.2, 0) is 21.4 Å². The maximum atomic E-state index is 12.8. The van der Waals surface area contributed by atoms with Crippen LogP contribution in [0.3, 0.4) is 0 Å². The molecule has 1 fully saturated rings. The Labute approximate surface area is 154 Å². The predicted molar refractivity (Wildman–Crippen MR) is 96.2 cm³/mol. The van der Waals surface area contributed by atoms with Gasteiger partial charge in [-0.3, -0.25) is 0 Å². The fraction of sp³-hybridized carbons (Fsp3) is 0.250. The molecule has 1 saturated heterocycles. The van der Waals surface area contributed by atoms with Crippen molar-refractivity contribution in [3.8, 4) is 0 Å². The quantitative estimate of drug-likeness (QED) is 0.664. The van der Waals surface area contributed by atoms with Crippen LogP contribution in [0.4, 0.5) is 0 Å². The molecule has 130 valence electrons. The molecule has 9 heteroatoms. The Kier molecular flexibility index (Phi) is 4.47. The molecule has 0 radical (unpaired) electrons. The highest BCUT2D eigenvalue weighted by Crippen LogP contribution is 2.28. The highest BCUT2D eigenvalue weighted by atomic mass is 35.5. The minimum absolute atomic E-state index is 0.113. The van der Waals surface area contributed by atoms with E-state index in [-0.39, 0.29) is 11.0 Å². The van der Waals surface area contributed by atoms with Gasteiger partial charge in [-0.1, -0.05) is 29.8 Å². The predicted octanol–water partition coefficient (Wildman–Crippen LogP) is 2.93. The molecule has 3 aromatic rings. The van der Waals surface area contributed by atoms with E-state index < -0.39 is 10.0 Å². The molecule has 4 rings (SSSR count). The second kappa shape index (κ2) is 6.62. The molecule has 0 aliphatic carbocycles. The van der Waals surface area contributed by atoms with Crippen LogP contribution in [0, 0.1) is 0 Å². The van der Waals surface area contributed by atoms with E-state index in [0.717, 1.165) is 17.3 Å². The Morgan fingerprint density at radius 2 is 1.92 bits per heavy atom. The summed E-state index contributed by atoms with van der Waals surface area (Å²) in [4.78, 5) is 0.204. The minimum Gasteiger partial charge on any atom is -0.371 e. The highest BCUT2D eigenvalue weighted by Gasteiger charge is 2.38. The Bertz CT molecular complexity index is 999. The van der Waals surface area contributed by atoms with Crippen molar-refractivity contribution < 1.29 is 13.2 Å². The zero-order chi connectivity index (χ0) is 17.4. The standard InChI is InChI=1S/C16H14ClN3O3S2/c17-12-6-4-11(5-7-12)10-23-13-8-20(9-13)25(21,22)15-3-1-2-14-16(15)19-24-18-14/h1-7,13H,8-10H2. The van der Waals surface area contributed by atoms with E-state index in [1.165, 1.54) is 4.31 Å². The summed E-state index contributed by atoms with van der Waals surface area (Å²) in [6.07, 6.45) is -0.113. The number of hydrogen-bond donors (Lipinski definition) is 0. The molecule has 0 amide bonds. The summed E-state index contributed by atoms with van der Waals surface area (Å²) in [5, 5.41) is 0.676. The fourth-order valence-corrected chi connectivity index (χ4v) is 5.01. The summed E-state index contributed by atoms with van der Waals surface area (Å²) < 4.78 is 40.9. The minimum atomic E-state index is -3.58. The van der Waals surface area contributed by atoms with E-state index >= 15 is 0 Å². The largest absolute Gasteiger partial charge is 0.371 e. The molecule has 1 aromatic heterocycles. The van der Waals surface area contributed by atoms with Gasteiger partial charge in [0.2, 0.25) is 10.0 Å². The number of nitrogens with zero attached hydrogens (tertiary/aromatic N) is 3. The summed E-state index contributed by atoms with van der Waals surface area (Å²) in [5.74, 6) is 0. The Balaban J connectivity index is 1.41. The van der Waals surface area contributed by atoms with Gasteiger partial charge in [-0.25, -0.2) is 8.42 Å². The number of fused-ring (bicyclic) bond motifs is 1. The Morgan fingerprint density at radius 1 is 1.16 bits per heavy atom. The third kappa shape index (κ3) is 3.28. The van der Waals surface area contributed by atoms with E-state index in [1.807, 2.05) is 12.1 Å². The van der Waals surface area contributed by atoms with Crippen LogP contribution < -0.4 is 0 Å². The van der Waals surface area contributed by atoms with Crippen molar-refractivity contribution in [3.05, 3.63) is 53.1 Å². The number of halogens is 1. The molecule has 1 aliphatic rings. The zero-order valence-corrected chi connectivity index (χ0v) is 15.4. The van der Waals surface area contributed by atoms with Gasteiger partial charge >= 0.3 is 0 Å². The van der Waals surface area contributed by atoms with Crippen molar-refractivity contribution in [2.24, 2.45) is 0 Å². The second-order valence-corrected chi connectivity index (χ2v) is 8.64. The Morgan fingerprint density at radius 3 is 2.68 bits per heavy atom. The molecule has 6 nitrogen and oxygen atoms in total. The molecule has 0 spiro atoms. The van der Waals surface area contributed by atoms with Crippen molar-refractivity contribution in [3.63, 3.8) is 0 Å². The number of ether oxygens (including phenoxy) is 1. The van der Waals surface area contributed by atoms with Gasteiger partial charge in [0.1, 0.15) is 15.9 Å². The van der Waals surface area contributed by atoms with Gasteiger partial charge in [0.25, 0.3) is 0 Å². The summed E-state index contributed by atoms with van der Waals surface area (Å²) in [6, 6.07) is 12.4. The maximum absolute atomic E-state index is 12.8. The fourth-order valence-electron chi connectivity index (χ4n) is 2.63. The average molecular weight is 396 g/mol. The molecule has 0 unspecified atom stereocenters. The van der Waals surface area contributed by atoms with Gasteiger partial charge in [-0.2, -0.15) is 13.1 Å². The molecule has 2 heterocycles. The Hall–Kier alpha value is -1.58. The number of benzene rings is 2. The molecule has 0 N–H and O–H groups in total. The van der Waals surface area contributed by atoms with Crippen LogP contribution in [0.1, 0.15) is 5.56 Å². The molecule has 0 atom stereocenters. The van der Waals surface area contributed by atoms with E-state index in [9.17, 15) is 8.42 Å². The van der Waals surface area contributed by atoms with E-state index in [4.69, 9.17) is 16.3 Å². The first-order chi connectivity index (χ1) is 12.0. The van der Waals surface area contributed by atoms with E-state index in [1.54, 1.807) is 30.3 Å². The summed E-state index contributed by atoms with van der Waals surface area (Å²) >= 11 is 6.86. The van der Waals surface area contributed by atoms with Crippen LogP contribution in [0.15, 0.2) is 47.4 Å². The molecular formula is C16H14ClN3O3S2. The smallest absolute Gasteiger partial charge is 0.245 e. The van der Waals surface area contributed by atoms with Crippen molar-refractivity contribution in [1.29, 1.82) is 0 Å². The van der Waals surface area contributed by atoms with Gasteiger partial charge in [0.05, 0.1) is 24.4 Å². The molecule has 25 heavy (non-hydrogen) atoms. The first-order valence-electron chi connectivity index (χ1n) is 7.61. The maximum Gasteiger partial charge on any atom is 0.245 e. The SMILES string of the molecule is O=S(=O)(c1cccc2nsnc12)N1CC(OCc2ccc(Cl)cc2)C1. The number of sulfonamides is 1. The first-order valence-corrected chi connectivity index (χ1v) is 10.2. The lowest BCUT2D eigenvalue weighted by Crippen LogP contribution is -2.54. The number of rotatable bonds is 5. The topological polar surface area (TPSA) is 72.4 Å². The third-order valence-corrected chi connectivity index (χ3v) is 6.74. The summed E-state index contributed by atoms with van der Waals surface area (Å²) in [6.45, 7) is 1.11. The van der Waals surface area contributed by atoms with E-state index in [0.29, 0.717) is 35.8 Å². The van der Waals surface area contributed by atoms with Crippen molar-refractivity contribution in [2.45, 2.75) is 17.6 Å². The lowest BCUT2D eigenvalue weighted by Gasteiger charge is -2.37. The van der Waals surface area contributed by atoms with E-state index in [2.05, 4.69) is 8.75 Å². The molecule has 0 saturated carbocycles. The molecule has 2 aromatic carbocycles. The first kappa shape index (κ1) is 16.9. The van der Waals surface area contributed by atoms with Crippen LogP contribution in [0.5, 0.6) is 0 Å². The van der Waals surface area contributed by atoms with Crippen LogP contribution in [-0.4, -0.2) is 40.7 Å². The van der Waals surface area contributed by atoms with Crippen molar-refractivity contribution in [2.75, 3.05) is 13.1 Å². The lowest BCUT2D eigenvalue weighted by atomic mass is 10.2. The molecule has 1 aliphatic heterocycles. The zero-order valence-electron chi connectivity index (χ0n) is 13.0. The number of hydrogen-bond acceptors (Lipinski definition) is 6. The van der Waals surface area contributed by atoms with Gasteiger partial charge in [0, 0.05) is 18.1 Å². The van der Waals surface area contributed by atoms with Crippen LogP contribution in [0.2, 0.25) is 5.02 Å². The average Bonchev–Trinajstić information content (AvgIpc) is 3.03. The van der Waals surface area contributed by atoms with Gasteiger partial charge in [0.15, 0.2) is 0 Å². The van der Waals surface area contributed by atoms with Crippen molar-refractivity contribution in [1.82, 2.24) is 13.1 Å². The summed E-state index contributed by atoms with van der Waals surface area (Å²) in [7, 11) is -3.58. The molecular weight excluding hydrogens is 382 g/mol. The van der Waals surface area contributed by atoms with Crippen molar-refractivity contribution >= 4 is 44.4 Å². The van der Waals surface area contributed by atoms with Gasteiger partial charge in [-0.05, 0) is 29.8 Å². The second-order valence-electron chi connectivity index (χ2n) is 5.77. The molecule has 0 bridgehead atoms. The normalized spacial score (nSPS) is 16.2. The van der Waals surface area contributed by atoms with Crippen LogP contribution in [0.25, 0.3) is 11.0 Å². The summed E-state index contributed by atoms with van der Waals surface area (Å²) in [5.41, 5.74) is 2.03. The third-order valence-electron chi connectivity index (χ3n) is 4.08. The number of aromatic nitrogens is 2.